The Balaban J connectivity index is 2.08. The van der Waals surface area contributed by atoms with Gasteiger partial charge in [-0.1, -0.05) is 6.92 Å². The average molecular weight is 250 g/mol. The van der Waals surface area contributed by atoms with Crippen molar-refractivity contribution in [3.8, 4) is 0 Å². The van der Waals surface area contributed by atoms with E-state index in [4.69, 9.17) is 4.74 Å². The summed E-state index contributed by atoms with van der Waals surface area (Å²) in [6, 6.07) is 4.16. The first-order valence-corrected chi connectivity index (χ1v) is 6.54. The topological polar surface area (TPSA) is 45.6 Å². The first-order valence-electron chi connectivity index (χ1n) is 6.54. The van der Waals surface area contributed by atoms with Crippen LogP contribution in [0.25, 0.3) is 0 Å². The van der Waals surface area contributed by atoms with E-state index < -0.39 is 5.60 Å². The summed E-state index contributed by atoms with van der Waals surface area (Å²) in [6.07, 6.45) is 2.71. The van der Waals surface area contributed by atoms with Gasteiger partial charge in [0.1, 0.15) is 6.10 Å². The van der Waals surface area contributed by atoms with Gasteiger partial charge in [-0.2, -0.15) is 0 Å². The molecule has 1 saturated heterocycles. The Morgan fingerprint density at radius 1 is 1.50 bits per heavy atom. The molecule has 1 atom stereocenters. The van der Waals surface area contributed by atoms with Crippen molar-refractivity contribution in [2.24, 2.45) is 0 Å². The normalized spacial score (nSPS) is 21.1. The molecule has 1 N–H and O–H groups in total. The van der Waals surface area contributed by atoms with Gasteiger partial charge in [0, 0.05) is 18.8 Å². The second-order valence-corrected chi connectivity index (χ2v) is 5.32. The zero-order chi connectivity index (χ0) is 13.2. The van der Waals surface area contributed by atoms with E-state index in [1.165, 1.54) is 0 Å². The highest BCUT2D eigenvalue weighted by atomic mass is 16.5. The summed E-state index contributed by atoms with van der Waals surface area (Å²) in [7, 11) is 0. The molecule has 0 bridgehead atoms. The van der Waals surface area contributed by atoms with Crippen LogP contribution in [0.1, 0.15) is 26.5 Å². The van der Waals surface area contributed by atoms with Crippen LogP contribution in [0.2, 0.25) is 0 Å². The zero-order valence-electron chi connectivity index (χ0n) is 11.4. The summed E-state index contributed by atoms with van der Waals surface area (Å²) in [5.74, 6) is 0. The molecule has 0 spiro atoms. The molecule has 4 nitrogen and oxygen atoms in total. The summed E-state index contributed by atoms with van der Waals surface area (Å²) in [6.45, 7) is 7.88. The average Bonchev–Trinajstić information content (AvgIpc) is 2.38. The third-order valence-electron chi connectivity index (χ3n) is 3.39. The summed E-state index contributed by atoms with van der Waals surface area (Å²) in [4.78, 5) is 6.64. The van der Waals surface area contributed by atoms with Crippen molar-refractivity contribution in [2.45, 2.75) is 38.9 Å². The lowest BCUT2D eigenvalue weighted by molar-refractivity contribution is -0.0928. The maximum absolute atomic E-state index is 10.0. The molecule has 100 valence electrons. The van der Waals surface area contributed by atoms with E-state index in [2.05, 4.69) is 28.9 Å². The molecule has 1 aromatic rings. The number of aromatic nitrogens is 1. The number of aryl methyl sites for hydroxylation is 1. The number of hydrogen-bond acceptors (Lipinski definition) is 4. The fourth-order valence-corrected chi connectivity index (χ4v) is 2.12. The van der Waals surface area contributed by atoms with E-state index >= 15 is 0 Å². The number of ether oxygens (including phenoxy) is 1. The van der Waals surface area contributed by atoms with Gasteiger partial charge in [0.05, 0.1) is 24.1 Å². The van der Waals surface area contributed by atoms with Crippen molar-refractivity contribution in [3.05, 3.63) is 24.0 Å². The summed E-state index contributed by atoms with van der Waals surface area (Å²) in [5.41, 5.74) is 1.39. The summed E-state index contributed by atoms with van der Waals surface area (Å²) in [5, 5.41) is 10.0. The van der Waals surface area contributed by atoms with E-state index in [0.717, 1.165) is 24.3 Å². The van der Waals surface area contributed by atoms with Crippen LogP contribution in [-0.2, 0) is 11.2 Å². The standard InChI is InChI=1S/C14H22N2O2/c1-4-11-5-6-12(9-15-11)16-7-8-18-13(10-16)14(2,3)17/h5-6,9,13,17H,4,7-8,10H2,1-3H3/t13-/m0/s1. The Morgan fingerprint density at radius 2 is 2.28 bits per heavy atom. The second kappa shape index (κ2) is 5.24. The molecule has 1 aliphatic heterocycles. The third-order valence-corrected chi connectivity index (χ3v) is 3.39. The Kier molecular flexibility index (Phi) is 3.88. The van der Waals surface area contributed by atoms with Crippen molar-refractivity contribution in [2.75, 3.05) is 24.6 Å². The number of aliphatic hydroxyl groups is 1. The van der Waals surface area contributed by atoms with E-state index in [0.29, 0.717) is 13.2 Å². The van der Waals surface area contributed by atoms with Gasteiger partial charge in [0.2, 0.25) is 0 Å². The smallest absolute Gasteiger partial charge is 0.103 e. The Hall–Kier alpha value is -1.13. The molecule has 0 amide bonds. The molecule has 0 aromatic carbocycles. The van der Waals surface area contributed by atoms with Crippen molar-refractivity contribution in [1.29, 1.82) is 0 Å². The Morgan fingerprint density at radius 3 is 2.83 bits per heavy atom. The number of rotatable bonds is 3. The largest absolute Gasteiger partial charge is 0.388 e. The molecular formula is C14H22N2O2. The number of pyridine rings is 1. The Bertz CT molecular complexity index is 384. The van der Waals surface area contributed by atoms with Crippen LogP contribution in [-0.4, -0.2) is 41.5 Å². The number of morpholine rings is 1. The van der Waals surface area contributed by atoms with E-state index in [1.54, 1.807) is 13.8 Å². The maximum atomic E-state index is 10.0. The lowest BCUT2D eigenvalue weighted by Crippen LogP contribution is -2.52. The number of hydrogen-bond donors (Lipinski definition) is 1. The highest BCUT2D eigenvalue weighted by molar-refractivity contribution is 5.45. The monoisotopic (exact) mass is 250 g/mol. The van der Waals surface area contributed by atoms with Crippen molar-refractivity contribution < 1.29 is 9.84 Å². The molecule has 0 unspecified atom stereocenters. The molecule has 1 fully saturated rings. The van der Waals surface area contributed by atoms with Gasteiger partial charge in [-0.05, 0) is 32.4 Å². The first kappa shape index (κ1) is 13.3. The third kappa shape index (κ3) is 3.00. The molecule has 2 rings (SSSR count). The highest BCUT2D eigenvalue weighted by Crippen LogP contribution is 2.22. The zero-order valence-corrected chi connectivity index (χ0v) is 11.4. The molecule has 0 radical (unpaired) electrons. The predicted molar refractivity (Wildman–Crippen MR) is 71.9 cm³/mol. The van der Waals surface area contributed by atoms with Crippen LogP contribution in [0.4, 0.5) is 5.69 Å². The molecule has 1 aromatic heterocycles. The molecular weight excluding hydrogens is 228 g/mol. The highest BCUT2D eigenvalue weighted by Gasteiger charge is 2.32. The van der Waals surface area contributed by atoms with E-state index in [9.17, 15) is 5.11 Å². The van der Waals surface area contributed by atoms with Crippen LogP contribution >= 0.6 is 0 Å². The van der Waals surface area contributed by atoms with Gasteiger partial charge in [-0.3, -0.25) is 4.98 Å². The van der Waals surface area contributed by atoms with Crippen LogP contribution in [0.15, 0.2) is 18.3 Å². The van der Waals surface area contributed by atoms with Gasteiger partial charge in [0.15, 0.2) is 0 Å². The van der Waals surface area contributed by atoms with Gasteiger partial charge in [-0.15, -0.1) is 0 Å². The van der Waals surface area contributed by atoms with Crippen molar-refractivity contribution in [1.82, 2.24) is 4.98 Å². The van der Waals surface area contributed by atoms with Gasteiger partial charge >= 0.3 is 0 Å². The van der Waals surface area contributed by atoms with Crippen molar-refractivity contribution in [3.63, 3.8) is 0 Å². The predicted octanol–water partition coefficient (Wildman–Crippen LogP) is 1.62. The number of anilines is 1. The minimum atomic E-state index is -0.810. The number of nitrogens with zero attached hydrogens (tertiary/aromatic N) is 2. The van der Waals surface area contributed by atoms with Crippen molar-refractivity contribution >= 4 is 5.69 Å². The van der Waals surface area contributed by atoms with Crippen LogP contribution < -0.4 is 4.90 Å². The van der Waals surface area contributed by atoms with Gasteiger partial charge < -0.3 is 14.7 Å². The fraction of sp³-hybridized carbons (Fsp3) is 0.643. The summed E-state index contributed by atoms with van der Waals surface area (Å²) < 4.78 is 5.63. The molecule has 0 saturated carbocycles. The SMILES string of the molecule is CCc1ccc(N2CCO[C@H](C(C)(C)O)C2)cn1. The summed E-state index contributed by atoms with van der Waals surface area (Å²) >= 11 is 0. The van der Waals surface area contributed by atoms with Gasteiger partial charge in [0.25, 0.3) is 0 Å². The second-order valence-electron chi connectivity index (χ2n) is 5.32. The van der Waals surface area contributed by atoms with Crippen LogP contribution in [0.5, 0.6) is 0 Å². The van der Waals surface area contributed by atoms with E-state index in [1.807, 2.05) is 6.20 Å². The molecule has 0 aliphatic carbocycles. The van der Waals surface area contributed by atoms with Crippen LogP contribution in [0.3, 0.4) is 0 Å². The van der Waals surface area contributed by atoms with E-state index in [-0.39, 0.29) is 6.10 Å². The fourth-order valence-electron chi connectivity index (χ4n) is 2.12. The quantitative estimate of drug-likeness (QED) is 0.885. The minimum absolute atomic E-state index is 0.155. The lowest BCUT2D eigenvalue weighted by atomic mass is 10.00. The first-order chi connectivity index (χ1) is 8.50. The molecule has 2 heterocycles. The van der Waals surface area contributed by atoms with Crippen LogP contribution in [0, 0.1) is 0 Å². The minimum Gasteiger partial charge on any atom is -0.388 e. The maximum Gasteiger partial charge on any atom is 0.103 e. The molecule has 18 heavy (non-hydrogen) atoms. The van der Waals surface area contributed by atoms with Gasteiger partial charge in [-0.25, -0.2) is 0 Å². The lowest BCUT2D eigenvalue weighted by Gasteiger charge is -2.39. The molecule has 4 heteroatoms. The Labute approximate surface area is 109 Å². The molecule has 1 aliphatic rings.